The minimum Gasteiger partial charge on any atom is -0.352 e. The monoisotopic (exact) mass is 385 g/mol. The highest BCUT2D eigenvalue weighted by molar-refractivity contribution is 5.94. The Labute approximate surface area is 165 Å². The number of benzene rings is 2. The smallest absolute Gasteiger partial charge is 0.251 e. The number of carbonyl (C=O) groups excluding carboxylic acids is 1. The van der Waals surface area contributed by atoms with Gasteiger partial charge in [-0.1, -0.05) is 30.3 Å². The summed E-state index contributed by atoms with van der Waals surface area (Å²) in [6, 6.07) is 14.1. The second-order valence-electron chi connectivity index (χ2n) is 6.63. The lowest BCUT2D eigenvalue weighted by Crippen LogP contribution is -2.36. The van der Waals surface area contributed by atoms with Gasteiger partial charge < -0.3 is 20.9 Å². The van der Waals surface area contributed by atoms with Crippen molar-refractivity contribution in [1.29, 1.82) is 0 Å². The van der Waals surface area contributed by atoms with Crippen LogP contribution in [-0.2, 0) is 13.1 Å². The van der Waals surface area contributed by atoms with Gasteiger partial charge in [0.2, 0.25) is 0 Å². The maximum absolute atomic E-state index is 13.7. The van der Waals surface area contributed by atoms with Gasteiger partial charge in [0.05, 0.1) is 0 Å². The van der Waals surface area contributed by atoms with Gasteiger partial charge in [-0.3, -0.25) is 9.79 Å². The summed E-state index contributed by atoms with van der Waals surface area (Å²) in [4.78, 5) is 18.4. The largest absolute Gasteiger partial charge is 0.352 e. The van der Waals surface area contributed by atoms with Crippen LogP contribution in [0.3, 0.4) is 0 Å². The summed E-state index contributed by atoms with van der Waals surface area (Å²) in [6.45, 7) is 2.22. The van der Waals surface area contributed by atoms with E-state index in [2.05, 4.69) is 20.9 Å². The van der Waals surface area contributed by atoms with Gasteiger partial charge in [0.1, 0.15) is 5.82 Å². The molecule has 0 heterocycles. The van der Waals surface area contributed by atoms with Crippen molar-refractivity contribution in [3.05, 3.63) is 71.0 Å². The standard InChI is InChI=1S/C21H28FN5O/c1-23-21(26-15-18-8-4-5-10-19(18)22)25-14-16-7-6-9-17(13-16)20(28)24-11-12-27(2)3/h4-10,13H,11-12,14-15H2,1-3H3,(H,24,28)(H2,23,25,26). The van der Waals surface area contributed by atoms with Crippen LogP contribution in [0.25, 0.3) is 0 Å². The highest BCUT2D eigenvalue weighted by Crippen LogP contribution is 2.06. The Hall–Kier alpha value is -2.93. The zero-order valence-electron chi connectivity index (χ0n) is 16.6. The van der Waals surface area contributed by atoms with Crippen LogP contribution in [0.15, 0.2) is 53.5 Å². The van der Waals surface area contributed by atoms with E-state index >= 15 is 0 Å². The molecule has 0 aliphatic rings. The van der Waals surface area contributed by atoms with Gasteiger partial charge >= 0.3 is 0 Å². The third-order valence-electron chi connectivity index (χ3n) is 4.12. The molecule has 2 aromatic rings. The van der Waals surface area contributed by atoms with E-state index in [-0.39, 0.29) is 11.7 Å². The molecule has 7 heteroatoms. The van der Waals surface area contributed by atoms with E-state index in [9.17, 15) is 9.18 Å². The number of hydrogen-bond donors (Lipinski definition) is 3. The molecule has 2 rings (SSSR count). The summed E-state index contributed by atoms with van der Waals surface area (Å²) in [5, 5.41) is 9.17. The second kappa shape index (κ2) is 11.0. The van der Waals surface area contributed by atoms with Crippen LogP contribution in [0.2, 0.25) is 0 Å². The van der Waals surface area contributed by atoms with E-state index in [1.807, 2.05) is 37.2 Å². The fourth-order valence-electron chi connectivity index (χ4n) is 2.54. The van der Waals surface area contributed by atoms with Crippen LogP contribution < -0.4 is 16.0 Å². The molecule has 0 spiro atoms. The number of rotatable bonds is 8. The van der Waals surface area contributed by atoms with Gasteiger partial charge in [-0.2, -0.15) is 0 Å². The second-order valence-corrected chi connectivity index (χ2v) is 6.63. The topological polar surface area (TPSA) is 68.8 Å². The van der Waals surface area contributed by atoms with Crippen LogP contribution in [-0.4, -0.2) is 51.0 Å². The molecule has 0 radical (unpaired) electrons. The van der Waals surface area contributed by atoms with Crippen LogP contribution >= 0.6 is 0 Å². The number of nitrogens with one attached hydrogen (secondary N) is 3. The highest BCUT2D eigenvalue weighted by Gasteiger charge is 2.07. The van der Waals surface area contributed by atoms with E-state index in [0.29, 0.717) is 36.7 Å². The summed E-state index contributed by atoms with van der Waals surface area (Å²) in [5.41, 5.74) is 2.14. The van der Waals surface area contributed by atoms with Crippen LogP contribution in [0.1, 0.15) is 21.5 Å². The average molecular weight is 385 g/mol. The summed E-state index contributed by atoms with van der Waals surface area (Å²) in [5.74, 6) is 0.216. The van der Waals surface area contributed by atoms with Gasteiger partial charge in [0, 0.05) is 44.4 Å². The van der Waals surface area contributed by atoms with Crippen molar-refractivity contribution in [2.45, 2.75) is 13.1 Å². The van der Waals surface area contributed by atoms with Crippen molar-refractivity contribution in [2.24, 2.45) is 4.99 Å². The molecule has 0 aliphatic heterocycles. The first-order chi connectivity index (χ1) is 13.5. The molecule has 0 saturated heterocycles. The number of likely N-dealkylation sites (N-methyl/N-ethyl adjacent to an activating group) is 1. The molecule has 0 saturated carbocycles. The van der Waals surface area contributed by atoms with Crippen molar-refractivity contribution in [2.75, 3.05) is 34.2 Å². The van der Waals surface area contributed by atoms with E-state index in [1.165, 1.54) is 6.07 Å². The minimum absolute atomic E-state index is 0.0919. The zero-order chi connectivity index (χ0) is 20.4. The normalized spacial score (nSPS) is 11.4. The lowest BCUT2D eigenvalue weighted by atomic mass is 10.1. The number of nitrogens with zero attached hydrogens (tertiary/aromatic N) is 2. The predicted molar refractivity (Wildman–Crippen MR) is 111 cm³/mol. The van der Waals surface area contributed by atoms with E-state index in [0.717, 1.165) is 12.1 Å². The Kier molecular flexibility index (Phi) is 8.42. The number of aliphatic imine (C=N–C) groups is 1. The van der Waals surface area contributed by atoms with Crippen LogP contribution in [0.4, 0.5) is 4.39 Å². The first kappa shape index (κ1) is 21.4. The van der Waals surface area contributed by atoms with E-state index in [4.69, 9.17) is 0 Å². The summed E-state index contributed by atoms with van der Waals surface area (Å²) in [7, 11) is 5.59. The van der Waals surface area contributed by atoms with Crippen molar-refractivity contribution < 1.29 is 9.18 Å². The Bertz CT molecular complexity index is 807. The first-order valence-corrected chi connectivity index (χ1v) is 9.19. The van der Waals surface area contributed by atoms with Gasteiger partial charge in [0.25, 0.3) is 5.91 Å². The number of hydrogen-bond acceptors (Lipinski definition) is 3. The fraction of sp³-hybridized carbons (Fsp3) is 0.333. The third-order valence-corrected chi connectivity index (χ3v) is 4.12. The minimum atomic E-state index is -0.251. The Balaban J connectivity index is 1.87. The Morgan fingerprint density at radius 1 is 1.04 bits per heavy atom. The predicted octanol–water partition coefficient (Wildman–Crippen LogP) is 1.98. The SMILES string of the molecule is CN=C(NCc1cccc(C(=O)NCCN(C)C)c1)NCc1ccccc1F. The van der Waals surface area contributed by atoms with Gasteiger partial charge in [-0.25, -0.2) is 4.39 Å². The molecular formula is C21H28FN5O. The molecular weight excluding hydrogens is 357 g/mol. The molecule has 6 nitrogen and oxygen atoms in total. The molecule has 0 unspecified atom stereocenters. The number of amides is 1. The fourth-order valence-corrected chi connectivity index (χ4v) is 2.54. The lowest BCUT2D eigenvalue weighted by Gasteiger charge is -2.13. The summed E-state index contributed by atoms with van der Waals surface area (Å²) in [6.07, 6.45) is 0. The third kappa shape index (κ3) is 7.00. The van der Waals surface area contributed by atoms with E-state index in [1.54, 1.807) is 31.3 Å². The van der Waals surface area contributed by atoms with Crippen molar-refractivity contribution in [3.63, 3.8) is 0 Å². The molecule has 150 valence electrons. The quantitative estimate of drug-likeness (QED) is 0.480. The molecule has 0 aliphatic carbocycles. The summed E-state index contributed by atoms with van der Waals surface area (Å²) < 4.78 is 13.7. The lowest BCUT2D eigenvalue weighted by molar-refractivity contribution is 0.0951. The Morgan fingerprint density at radius 3 is 2.50 bits per heavy atom. The van der Waals surface area contributed by atoms with Gasteiger partial charge in [0.15, 0.2) is 5.96 Å². The van der Waals surface area contributed by atoms with Crippen LogP contribution in [0, 0.1) is 5.82 Å². The number of guanidine groups is 1. The molecule has 0 aromatic heterocycles. The number of halogens is 1. The van der Waals surface area contributed by atoms with Gasteiger partial charge in [-0.05, 0) is 37.9 Å². The highest BCUT2D eigenvalue weighted by atomic mass is 19.1. The summed E-state index contributed by atoms with van der Waals surface area (Å²) >= 11 is 0. The molecule has 3 N–H and O–H groups in total. The first-order valence-electron chi connectivity index (χ1n) is 9.19. The van der Waals surface area contributed by atoms with Crippen molar-refractivity contribution >= 4 is 11.9 Å². The van der Waals surface area contributed by atoms with E-state index < -0.39 is 0 Å². The van der Waals surface area contributed by atoms with Crippen molar-refractivity contribution in [3.8, 4) is 0 Å². The maximum atomic E-state index is 13.7. The number of carbonyl (C=O) groups is 1. The zero-order valence-corrected chi connectivity index (χ0v) is 16.6. The molecule has 28 heavy (non-hydrogen) atoms. The molecule has 0 fully saturated rings. The van der Waals surface area contributed by atoms with Crippen molar-refractivity contribution in [1.82, 2.24) is 20.9 Å². The molecule has 0 bridgehead atoms. The molecule has 0 atom stereocenters. The van der Waals surface area contributed by atoms with Gasteiger partial charge in [-0.15, -0.1) is 0 Å². The maximum Gasteiger partial charge on any atom is 0.251 e. The average Bonchev–Trinajstić information content (AvgIpc) is 2.69. The van der Waals surface area contributed by atoms with Crippen LogP contribution in [0.5, 0.6) is 0 Å². The molecule has 1 amide bonds. The Morgan fingerprint density at radius 2 is 1.79 bits per heavy atom. The molecule has 2 aromatic carbocycles.